The highest BCUT2D eigenvalue weighted by molar-refractivity contribution is 9.10. The SMILES string of the molecule is Cc1cccc2cc3c(=O)n(O)cc(Br)c3nc12. The number of halogens is 1. The maximum atomic E-state index is 11.9. The summed E-state index contributed by atoms with van der Waals surface area (Å²) in [6.45, 7) is 1.97. The second kappa shape index (κ2) is 3.81. The molecular weight excluding hydrogens is 296 g/mol. The number of fused-ring (bicyclic) bond motifs is 2. The molecule has 0 saturated carbocycles. The quantitative estimate of drug-likeness (QED) is 0.513. The van der Waals surface area contributed by atoms with Crippen LogP contribution in [0.15, 0.2) is 39.7 Å². The lowest BCUT2D eigenvalue weighted by atomic mass is 10.1. The van der Waals surface area contributed by atoms with Crippen molar-refractivity contribution in [3.8, 4) is 0 Å². The van der Waals surface area contributed by atoms with Gasteiger partial charge in [0, 0.05) is 5.39 Å². The molecule has 0 unspecified atom stereocenters. The summed E-state index contributed by atoms with van der Waals surface area (Å²) in [6.07, 6.45) is 1.31. The molecule has 1 aromatic carbocycles. The third-order valence-electron chi connectivity index (χ3n) is 2.95. The monoisotopic (exact) mass is 304 g/mol. The van der Waals surface area contributed by atoms with E-state index in [0.717, 1.165) is 16.5 Å². The molecule has 1 N–H and O–H groups in total. The maximum Gasteiger partial charge on any atom is 0.292 e. The van der Waals surface area contributed by atoms with E-state index in [1.165, 1.54) is 6.20 Å². The van der Waals surface area contributed by atoms with Crippen molar-refractivity contribution in [2.75, 3.05) is 0 Å². The predicted octanol–water partition coefficient (Wildman–Crippen LogP) is 2.86. The molecule has 2 heterocycles. The van der Waals surface area contributed by atoms with Gasteiger partial charge in [-0.2, -0.15) is 4.73 Å². The van der Waals surface area contributed by atoms with E-state index in [2.05, 4.69) is 20.9 Å². The number of hydrogen-bond donors (Lipinski definition) is 1. The molecule has 3 rings (SSSR count). The molecular formula is C13H9BrN2O2. The lowest BCUT2D eigenvalue weighted by Crippen LogP contribution is -2.17. The van der Waals surface area contributed by atoms with Crippen LogP contribution in [0.4, 0.5) is 0 Å². The van der Waals surface area contributed by atoms with E-state index in [0.29, 0.717) is 20.1 Å². The van der Waals surface area contributed by atoms with Crippen LogP contribution in [0.2, 0.25) is 0 Å². The number of aryl methyl sites for hydroxylation is 1. The molecule has 0 aliphatic carbocycles. The van der Waals surface area contributed by atoms with Crippen molar-refractivity contribution >= 4 is 37.7 Å². The molecule has 0 radical (unpaired) electrons. The lowest BCUT2D eigenvalue weighted by molar-refractivity contribution is 0.176. The zero-order valence-electron chi connectivity index (χ0n) is 9.51. The van der Waals surface area contributed by atoms with Crippen LogP contribution < -0.4 is 5.56 Å². The van der Waals surface area contributed by atoms with Gasteiger partial charge in [0.05, 0.1) is 27.1 Å². The standard InChI is InChI=1S/C13H9BrN2O2/c1-7-3-2-4-8-5-9-12(15-11(7)8)10(14)6-16(18)13(9)17/h2-6,18H,1H3. The van der Waals surface area contributed by atoms with Crippen molar-refractivity contribution in [2.24, 2.45) is 0 Å². The highest BCUT2D eigenvalue weighted by Crippen LogP contribution is 2.24. The van der Waals surface area contributed by atoms with E-state index < -0.39 is 5.56 Å². The second-order valence-electron chi connectivity index (χ2n) is 4.16. The molecule has 18 heavy (non-hydrogen) atoms. The van der Waals surface area contributed by atoms with Gasteiger partial charge in [0.25, 0.3) is 5.56 Å². The highest BCUT2D eigenvalue weighted by atomic mass is 79.9. The Kier molecular flexibility index (Phi) is 2.38. The summed E-state index contributed by atoms with van der Waals surface area (Å²) in [7, 11) is 0. The third-order valence-corrected chi connectivity index (χ3v) is 3.53. The van der Waals surface area contributed by atoms with Gasteiger partial charge in [0.2, 0.25) is 0 Å². The smallest absolute Gasteiger partial charge is 0.292 e. The molecule has 3 aromatic rings. The topological polar surface area (TPSA) is 55.1 Å². The average molecular weight is 305 g/mol. The van der Waals surface area contributed by atoms with Crippen molar-refractivity contribution in [3.63, 3.8) is 0 Å². The second-order valence-corrected chi connectivity index (χ2v) is 5.01. The van der Waals surface area contributed by atoms with E-state index in [1.807, 2.05) is 25.1 Å². The maximum absolute atomic E-state index is 11.9. The van der Waals surface area contributed by atoms with Gasteiger partial charge >= 0.3 is 0 Å². The Hall–Kier alpha value is -1.88. The van der Waals surface area contributed by atoms with Crippen molar-refractivity contribution < 1.29 is 5.21 Å². The Morgan fingerprint density at radius 1 is 1.33 bits per heavy atom. The van der Waals surface area contributed by atoms with Crippen LogP contribution >= 0.6 is 15.9 Å². The third kappa shape index (κ3) is 1.51. The van der Waals surface area contributed by atoms with Gasteiger partial charge in [-0.25, -0.2) is 4.98 Å². The van der Waals surface area contributed by atoms with Crippen molar-refractivity contribution in [3.05, 3.63) is 50.9 Å². The van der Waals surface area contributed by atoms with E-state index in [1.54, 1.807) is 6.07 Å². The molecule has 0 spiro atoms. The zero-order chi connectivity index (χ0) is 12.9. The fourth-order valence-corrected chi connectivity index (χ4v) is 2.54. The Balaban J connectivity index is 2.61. The molecule has 2 aromatic heterocycles. The minimum absolute atomic E-state index is 0.393. The van der Waals surface area contributed by atoms with Gasteiger partial charge < -0.3 is 5.21 Å². The van der Waals surface area contributed by atoms with Gasteiger partial charge in [-0.15, -0.1) is 0 Å². The van der Waals surface area contributed by atoms with Gasteiger partial charge in [-0.3, -0.25) is 4.79 Å². The largest absolute Gasteiger partial charge is 0.425 e. The molecule has 90 valence electrons. The summed E-state index contributed by atoms with van der Waals surface area (Å²) in [5.41, 5.74) is 2.01. The number of rotatable bonds is 0. The van der Waals surface area contributed by atoms with Crippen LogP contribution in [0.1, 0.15) is 5.56 Å². The molecule has 0 amide bonds. The number of para-hydroxylation sites is 1. The summed E-state index contributed by atoms with van der Waals surface area (Å²) in [4.78, 5) is 16.4. The fraction of sp³-hybridized carbons (Fsp3) is 0.0769. The summed E-state index contributed by atoms with van der Waals surface area (Å²) in [6, 6.07) is 7.55. The summed E-state index contributed by atoms with van der Waals surface area (Å²) < 4.78 is 1.15. The van der Waals surface area contributed by atoms with Crippen LogP contribution in [-0.4, -0.2) is 14.9 Å². The molecule has 5 heteroatoms. The Labute approximate surface area is 111 Å². The zero-order valence-corrected chi connectivity index (χ0v) is 11.1. The lowest BCUT2D eigenvalue weighted by Gasteiger charge is -2.06. The van der Waals surface area contributed by atoms with E-state index in [4.69, 9.17) is 0 Å². The van der Waals surface area contributed by atoms with E-state index >= 15 is 0 Å². The summed E-state index contributed by atoms with van der Waals surface area (Å²) in [5, 5.41) is 10.8. The van der Waals surface area contributed by atoms with Crippen LogP contribution in [0.5, 0.6) is 0 Å². The van der Waals surface area contributed by atoms with Gasteiger partial charge in [0.15, 0.2) is 0 Å². The first-order chi connectivity index (χ1) is 8.58. The molecule has 0 bridgehead atoms. The normalized spacial score (nSPS) is 11.2. The van der Waals surface area contributed by atoms with Crippen LogP contribution in [-0.2, 0) is 0 Å². The highest BCUT2D eigenvalue weighted by Gasteiger charge is 2.10. The van der Waals surface area contributed by atoms with Gasteiger partial charge in [0.1, 0.15) is 0 Å². The first-order valence-corrected chi connectivity index (χ1v) is 6.18. The van der Waals surface area contributed by atoms with Crippen molar-refractivity contribution in [2.45, 2.75) is 6.92 Å². The van der Waals surface area contributed by atoms with Crippen LogP contribution in [0.3, 0.4) is 0 Å². The Morgan fingerprint density at radius 2 is 2.11 bits per heavy atom. The van der Waals surface area contributed by atoms with Gasteiger partial charge in [-0.05, 0) is 34.5 Å². The Bertz CT molecular complexity index is 840. The summed E-state index contributed by atoms with van der Waals surface area (Å²) >= 11 is 3.31. The molecule has 0 aliphatic heterocycles. The van der Waals surface area contributed by atoms with E-state index in [9.17, 15) is 10.0 Å². The number of hydrogen-bond acceptors (Lipinski definition) is 3. The summed E-state index contributed by atoms with van der Waals surface area (Å²) in [5.74, 6) is 0. The molecule has 0 aliphatic rings. The Morgan fingerprint density at radius 3 is 2.89 bits per heavy atom. The van der Waals surface area contributed by atoms with Crippen molar-refractivity contribution in [1.29, 1.82) is 0 Å². The van der Waals surface area contributed by atoms with Crippen LogP contribution in [0, 0.1) is 6.92 Å². The first-order valence-electron chi connectivity index (χ1n) is 5.38. The number of nitrogens with zero attached hydrogens (tertiary/aromatic N) is 2. The predicted molar refractivity (Wildman–Crippen MR) is 73.1 cm³/mol. The molecule has 0 atom stereocenters. The number of benzene rings is 1. The first kappa shape index (κ1) is 11.2. The molecule has 4 nitrogen and oxygen atoms in total. The van der Waals surface area contributed by atoms with E-state index in [-0.39, 0.29) is 0 Å². The minimum atomic E-state index is -0.468. The minimum Gasteiger partial charge on any atom is -0.425 e. The van der Waals surface area contributed by atoms with Crippen LogP contribution in [0.25, 0.3) is 21.8 Å². The fourth-order valence-electron chi connectivity index (χ4n) is 2.04. The van der Waals surface area contributed by atoms with Gasteiger partial charge in [-0.1, -0.05) is 18.2 Å². The number of pyridine rings is 2. The number of aromatic nitrogens is 2. The molecule has 0 fully saturated rings. The average Bonchev–Trinajstić information content (AvgIpc) is 2.35. The van der Waals surface area contributed by atoms with Crippen molar-refractivity contribution in [1.82, 2.24) is 9.71 Å². The molecule has 0 saturated heterocycles.